The molecule has 1 heterocycles. The summed E-state index contributed by atoms with van der Waals surface area (Å²) in [6.45, 7) is 4.19. The zero-order valence-electron chi connectivity index (χ0n) is 11.4. The molecule has 0 bridgehead atoms. The van der Waals surface area contributed by atoms with Crippen molar-refractivity contribution in [3.05, 3.63) is 51.8 Å². The lowest BCUT2D eigenvalue weighted by molar-refractivity contribution is 0.560. The van der Waals surface area contributed by atoms with Crippen LogP contribution in [0.15, 0.2) is 24.3 Å². The second kappa shape index (κ2) is 4.69. The Labute approximate surface area is 119 Å². The number of nitrogens with zero attached hydrogens (tertiary/aromatic N) is 1. The van der Waals surface area contributed by atoms with Crippen molar-refractivity contribution in [2.45, 2.75) is 39.2 Å². The van der Waals surface area contributed by atoms with E-state index in [1.54, 1.807) is 0 Å². The molecule has 2 N–H and O–H groups in total. The highest BCUT2D eigenvalue weighted by molar-refractivity contribution is 6.32. The lowest BCUT2D eigenvalue weighted by atomic mass is 9.93. The first kappa shape index (κ1) is 12.8. The molecule has 1 atom stereocenters. The molecule has 3 heteroatoms. The largest absolute Gasteiger partial charge is 0.324 e. The van der Waals surface area contributed by atoms with Crippen LogP contribution in [0.25, 0.3) is 5.69 Å². The molecule has 0 aliphatic heterocycles. The predicted molar refractivity (Wildman–Crippen MR) is 80.1 cm³/mol. The van der Waals surface area contributed by atoms with Crippen LogP contribution < -0.4 is 5.73 Å². The number of hydrogen-bond donors (Lipinski definition) is 1. The van der Waals surface area contributed by atoms with E-state index in [4.69, 9.17) is 17.3 Å². The van der Waals surface area contributed by atoms with E-state index in [9.17, 15) is 0 Å². The topological polar surface area (TPSA) is 30.9 Å². The van der Waals surface area contributed by atoms with Gasteiger partial charge in [0.25, 0.3) is 0 Å². The third-order valence-corrected chi connectivity index (χ3v) is 4.30. The van der Waals surface area contributed by atoms with Gasteiger partial charge in [-0.25, -0.2) is 0 Å². The molecule has 0 saturated carbocycles. The molecular weight excluding hydrogens is 256 g/mol. The van der Waals surface area contributed by atoms with Gasteiger partial charge in [-0.15, -0.1) is 0 Å². The monoisotopic (exact) mass is 274 g/mol. The zero-order chi connectivity index (χ0) is 13.6. The molecule has 1 aromatic carbocycles. The number of nitrogens with two attached hydrogens (primary N) is 1. The molecular formula is C16H19ClN2. The minimum Gasteiger partial charge on any atom is -0.324 e. The highest BCUT2D eigenvalue weighted by Gasteiger charge is 2.23. The van der Waals surface area contributed by atoms with Crippen molar-refractivity contribution in [2.24, 2.45) is 5.73 Å². The molecule has 1 unspecified atom stereocenters. The van der Waals surface area contributed by atoms with Gasteiger partial charge in [-0.2, -0.15) is 0 Å². The summed E-state index contributed by atoms with van der Waals surface area (Å²) in [4.78, 5) is 0. The van der Waals surface area contributed by atoms with E-state index in [0.29, 0.717) is 0 Å². The maximum absolute atomic E-state index is 6.42. The molecule has 1 aliphatic carbocycles. The van der Waals surface area contributed by atoms with Gasteiger partial charge in [0.05, 0.1) is 10.7 Å². The minimum atomic E-state index is 0.174. The molecule has 3 rings (SSSR count). The summed E-state index contributed by atoms with van der Waals surface area (Å²) in [7, 11) is 0. The van der Waals surface area contributed by atoms with Crippen LogP contribution in [0.1, 0.15) is 41.4 Å². The summed E-state index contributed by atoms with van der Waals surface area (Å²) in [6, 6.07) is 8.62. The fraction of sp³-hybridized carbons (Fsp3) is 0.375. The Hall–Kier alpha value is -1.25. The molecule has 0 spiro atoms. The van der Waals surface area contributed by atoms with Crippen molar-refractivity contribution < 1.29 is 0 Å². The van der Waals surface area contributed by atoms with E-state index in [-0.39, 0.29) is 6.04 Å². The highest BCUT2D eigenvalue weighted by atomic mass is 35.5. The van der Waals surface area contributed by atoms with Crippen LogP contribution in [0.4, 0.5) is 0 Å². The summed E-state index contributed by atoms with van der Waals surface area (Å²) >= 11 is 6.42. The van der Waals surface area contributed by atoms with Gasteiger partial charge in [-0.05, 0) is 62.4 Å². The van der Waals surface area contributed by atoms with Crippen LogP contribution in [-0.4, -0.2) is 4.57 Å². The van der Waals surface area contributed by atoms with Crippen LogP contribution in [0.3, 0.4) is 0 Å². The Kier molecular flexibility index (Phi) is 3.15. The van der Waals surface area contributed by atoms with Crippen molar-refractivity contribution in [3.63, 3.8) is 0 Å². The predicted octanol–water partition coefficient (Wildman–Crippen LogP) is 4.08. The van der Waals surface area contributed by atoms with Crippen LogP contribution >= 0.6 is 11.6 Å². The van der Waals surface area contributed by atoms with E-state index in [0.717, 1.165) is 30.0 Å². The number of aryl methyl sites for hydroxylation is 2. The molecule has 100 valence electrons. The van der Waals surface area contributed by atoms with Gasteiger partial charge in [0.2, 0.25) is 0 Å². The fourth-order valence-corrected chi connectivity index (χ4v) is 3.39. The van der Waals surface area contributed by atoms with Crippen LogP contribution in [-0.2, 0) is 6.42 Å². The molecule has 0 saturated heterocycles. The van der Waals surface area contributed by atoms with Crippen LogP contribution in [0.5, 0.6) is 0 Å². The molecule has 0 fully saturated rings. The molecule has 2 aromatic rings. The number of benzene rings is 1. The average Bonchev–Trinajstić information content (AvgIpc) is 2.68. The summed E-state index contributed by atoms with van der Waals surface area (Å²) < 4.78 is 2.27. The third-order valence-electron chi connectivity index (χ3n) is 3.99. The minimum absolute atomic E-state index is 0.174. The maximum Gasteiger partial charge on any atom is 0.0649 e. The van der Waals surface area contributed by atoms with E-state index in [2.05, 4.69) is 36.6 Å². The molecule has 19 heavy (non-hydrogen) atoms. The fourth-order valence-electron chi connectivity index (χ4n) is 3.07. The smallest absolute Gasteiger partial charge is 0.0649 e. The Morgan fingerprint density at radius 3 is 2.79 bits per heavy atom. The first-order valence-electron chi connectivity index (χ1n) is 6.81. The third kappa shape index (κ3) is 2.09. The van der Waals surface area contributed by atoms with Crippen molar-refractivity contribution in [2.75, 3.05) is 0 Å². The number of hydrogen-bond acceptors (Lipinski definition) is 1. The first-order chi connectivity index (χ1) is 9.08. The Bertz CT molecular complexity index is 628. The normalized spacial score (nSPS) is 18.4. The molecule has 1 aromatic heterocycles. The first-order valence-corrected chi connectivity index (χ1v) is 7.19. The van der Waals surface area contributed by atoms with E-state index >= 15 is 0 Å². The van der Waals surface area contributed by atoms with Gasteiger partial charge >= 0.3 is 0 Å². The van der Waals surface area contributed by atoms with Crippen molar-refractivity contribution in [1.82, 2.24) is 4.57 Å². The summed E-state index contributed by atoms with van der Waals surface area (Å²) in [5.41, 5.74) is 12.3. The van der Waals surface area contributed by atoms with Crippen molar-refractivity contribution in [1.29, 1.82) is 0 Å². The number of aromatic nitrogens is 1. The lowest BCUT2D eigenvalue weighted by Crippen LogP contribution is -2.18. The standard InChI is InChI=1S/C16H19ClN2/c1-10-6-7-16(13(17)8-10)19-11(2)9-12-14(18)4-3-5-15(12)19/h6-9,14H,3-5,18H2,1-2H3. The second-order valence-electron chi connectivity index (χ2n) is 5.48. The zero-order valence-corrected chi connectivity index (χ0v) is 12.2. The van der Waals surface area contributed by atoms with E-state index in [1.807, 2.05) is 6.07 Å². The summed E-state index contributed by atoms with van der Waals surface area (Å²) in [5, 5.41) is 0.806. The van der Waals surface area contributed by atoms with Crippen molar-refractivity contribution >= 4 is 11.6 Å². The summed E-state index contributed by atoms with van der Waals surface area (Å²) in [6.07, 6.45) is 3.32. The lowest BCUT2D eigenvalue weighted by Gasteiger charge is -2.21. The van der Waals surface area contributed by atoms with Crippen LogP contribution in [0.2, 0.25) is 5.02 Å². The summed E-state index contributed by atoms with van der Waals surface area (Å²) in [5.74, 6) is 0. The maximum atomic E-state index is 6.42. The van der Waals surface area contributed by atoms with Gasteiger partial charge in [0.1, 0.15) is 0 Å². The molecule has 2 nitrogen and oxygen atoms in total. The van der Waals surface area contributed by atoms with Gasteiger partial charge in [-0.1, -0.05) is 17.7 Å². The van der Waals surface area contributed by atoms with Crippen molar-refractivity contribution in [3.8, 4) is 5.69 Å². The highest BCUT2D eigenvalue weighted by Crippen LogP contribution is 2.34. The van der Waals surface area contributed by atoms with E-state index < -0.39 is 0 Å². The van der Waals surface area contributed by atoms with E-state index in [1.165, 1.54) is 22.5 Å². The SMILES string of the molecule is Cc1ccc(-n2c(C)cc3c2CCCC3N)c(Cl)c1. The van der Waals surface area contributed by atoms with Gasteiger partial charge < -0.3 is 10.3 Å². The quantitative estimate of drug-likeness (QED) is 0.834. The number of fused-ring (bicyclic) bond motifs is 1. The second-order valence-corrected chi connectivity index (χ2v) is 5.88. The van der Waals surface area contributed by atoms with Gasteiger partial charge in [-0.3, -0.25) is 0 Å². The number of halogens is 1. The van der Waals surface area contributed by atoms with Gasteiger partial charge in [0.15, 0.2) is 0 Å². The molecule has 1 aliphatic rings. The average molecular weight is 275 g/mol. The van der Waals surface area contributed by atoms with Gasteiger partial charge in [0, 0.05) is 17.4 Å². The molecule has 0 radical (unpaired) electrons. The number of rotatable bonds is 1. The Morgan fingerprint density at radius 2 is 2.05 bits per heavy atom. The molecule has 0 amide bonds. The van der Waals surface area contributed by atoms with Crippen LogP contribution in [0, 0.1) is 13.8 Å². The Balaban J connectivity index is 2.20. The Morgan fingerprint density at radius 1 is 1.26 bits per heavy atom.